The Kier molecular flexibility index (Phi) is 7.60. The van der Waals surface area contributed by atoms with Crippen LogP contribution in [0.1, 0.15) is 6.42 Å². The molecule has 1 saturated heterocycles. The molecule has 3 N–H and O–H groups in total. The molecule has 1 aliphatic rings. The minimum Gasteiger partial charge on any atom is -0.478 e. The first kappa shape index (κ1) is 15.5. The number of urea groups is 1. The molecule has 0 atom stereocenters. The number of morpholine rings is 1. The second-order valence-electron chi connectivity index (χ2n) is 4.18. The van der Waals surface area contributed by atoms with Crippen LogP contribution >= 0.6 is 0 Å². The number of carboxylic acid groups (broad SMARTS) is 1. The third kappa shape index (κ3) is 8.17. The van der Waals surface area contributed by atoms with E-state index in [-0.39, 0.29) is 12.6 Å². The van der Waals surface area contributed by atoms with E-state index >= 15 is 0 Å². The second-order valence-corrected chi connectivity index (χ2v) is 4.18. The number of carboxylic acids is 1. The predicted molar refractivity (Wildman–Crippen MR) is 70.1 cm³/mol. The van der Waals surface area contributed by atoms with Gasteiger partial charge < -0.3 is 20.5 Å². The minimum atomic E-state index is -1.02. The quantitative estimate of drug-likeness (QED) is 0.435. The lowest BCUT2D eigenvalue weighted by molar-refractivity contribution is -0.131. The van der Waals surface area contributed by atoms with E-state index in [1.165, 1.54) is 6.08 Å². The second kappa shape index (κ2) is 9.35. The molecule has 0 aromatic rings. The molecule has 0 aliphatic carbocycles. The summed E-state index contributed by atoms with van der Waals surface area (Å²) in [5.41, 5.74) is 0. The molecular weight excluding hydrogens is 250 g/mol. The number of ether oxygens (including phenoxy) is 1. The van der Waals surface area contributed by atoms with Crippen LogP contribution < -0.4 is 10.6 Å². The number of carbonyl (C=O) groups is 2. The zero-order valence-corrected chi connectivity index (χ0v) is 10.9. The Hall–Kier alpha value is -1.60. The Balaban J connectivity index is 1.96. The molecule has 7 nitrogen and oxygen atoms in total. The maximum atomic E-state index is 11.3. The largest absolute Gasteiger partial charge is 0.478 e. The van der Waals surface area contributed by atoms with Gasteiger partial charge in [0.15, 0.2) is 0 Å². The van der Waals surface area contributed by atoms with Crippen molar-refractivity contribution in [3.63, 3.8) is 0 Å². The van der Waals surface area contributed by atoms with E-state index in [9.17, 15) is 9.59 Å². The van der Waals surface area contributed by atoms with E-state index in [2.05, 4.69) is 15.5 Å². The van der Waals surface area contributed by atoms with Crippen LogP contribution in [-0.2, 0) is 9.53 Å². The Morgan fingerprint density at radius 1 is 1.26 bits per heavy atom. The first-order valence-corrected chi connectivity index (χ1v) is 6.40. The first-order valence-electron chi connectivity index (χ1n) is 6.40. The summed E-state index contributed by atoms with van der Waals surface area (Å²) in [6, 6.07) is -0.281. The zero-order chi connectivity index (χ0) is 13.9. The van der Waals surface area contributed by atoms with Crippen LogP contribution in [0.2, 0.25) is 0 Å². The molecular formula is C12H21N3O4. The third-order valence-corrected chi connectivity index (χ3v) is 2.68. The van der Waals surface area contributed by atoms with Gasteiger partial charge in [0.25, 0.3) is 0 Å². The highest BCUT2D eigenvalue weighted by Crippen LogP contribution is 1.97. The van der Waals surface area contributed by atoms with E-state index < -0.39 is 5.97 Å². The van der Waals surface area contributed by atoms with Gasteiger partial charge in [-0.15, -0.1) is 0 Å². The van der Waals surface area contributed by atoms with Crippen molar-refractivity contribution in [2.75, 3.05) is 45.9 Å². The van der Waals surface area contributed by atoms with Gasteiger partial charge in [-0.05, 0) is 13.0 Å². The van der Waals surface area contributed by atoms with Crippen molar-refractivity contribution in [3.8, 4) is 0 Å². The number of nitrogens with one attached hydrogen (secondary N) is 2. The molecule has 0 unspecified atom stereocenters. The molecule has 1 heterocycles. The maximum absolute atomic E-state index is 11.3. The molecule has 2 amide bonds. The van der Waals surface area contributed by atoms with E-state index in [1.807, 2.05) is 0 Å². The lowest BCUT2D eigenvalue weighted by Gasteiger charge is -2.26. The summed E-state index contributed by atoms with van der Waals surface area (Å²) in [7, 11) is 0. The minimum absolute atomic E-state index is 0.210. The summed E-state index contributed by atoms with van der Waals surface area (Å²) in [6.45, 7) is 5.22. The van der Waals surface area contributed by atoms with Crippen LogP contribution in [0.5, 0.6) is 0 Å². The van der Waals surface area contributed by atoms with Gasteiger partial charge in [-0.2, -0.15) is 0 Å². The number of rotatable bonds is 7. The number of nitrogens with zero attached hydrogens (tertiary/aromatic N) is 1. The molecule has 7 heteroatoms. The molecule has 0 spiro atoms. The monoisotopic (exact) mass is 271 g/mol. The molecule has 19 heavy (non-hydrogen) atoms. The fourth-order valence-electron chi connectivity index (χ4n) is 1.70. The van der Waals surface area contributed by atoms with Crippen LogP contribution in [0.25, 0.3) is 0 Å². The maximum Gasteiger partial charge on any atom is 0.328 e. The molecule has 0 bridgehead atoms. The summed E-state index contributed by atoms with van der Waals surface area (Å²) in [5, 5.41) is 13.6. The van der Waals surface area contributed by atoms with Gasteiger partial charge >= 0.3 is 12.0 Å². The number of aliphatic carboxylic acids is 1. The van der Waals surface area contributed by atoms with Crippen molar-refractivity contribution in [1.82, 2.24) is 15.5 Å². The van der Waals surface area contributed by atoms with Gasteiger partial charge in [0.2, 0.25) is 0 Å². The molecule has 1 fully saturated rings. The van der Waals surface area contributed by atoms with Gasteiger partial charge in [0.1, 0.15) is 0 Å². The lowest BCUT2D eigenvalue weighted by atomic mass is 10.3. The Morgan fingerprint density at radius 2 is 2.00 bits per heavy atom. The summed E-state index contributed by atoms with van der Waals surface area (Å²) in [6.07, 6.45) is 3.27. The van der Waals surface area contributed by atoms with Crippen LogP contribution in [-0.4, -0.2) is 67.9 Å². The molecule has 0 aromatic heterocycles. The lowest BCUT2D eigenvalue weighted by Crippen LogP contribution is -2.40. The average Bonchev–Trinajstić information content (AvgIpc) is 2.41. The smallest absolute Gasteiger partial charge is 0.328 e. The Bertz CT molecular complexity index is 314. The molecule has 0 radical (unpaired) electrons. The van der Waals surface area contributed by atoms with Crippen LogP contribution in [0, 0.1) is 0 Å². The molecule has 108 valence electrons. The number of hydrogen-bond acceptors (Lipinski definition) is 4. The van der Waals surface area contributed by atoms with Gasteiger partial charge in [-0.1, -0.05) is 6.08 Å². The van der Waals surface area contributed by atoms with Gasteiger partial charge in [-0.3, -0.25) is 4.90 Å². The Labute approximate surface area is 112 Å². The van der Waals surface area contributed by atoms with E-state index in [0.717, 1.165) is 45.3 Å². The summed E-state index contributed by atoms with van der Waals surface area (Å²) >= 11 is 0. The standard InChI is InChI=1S/C12H21N3O4/c16-11(17)3-1-4-13-12(18)14-5-2-6-15-7-9-19-10-8-15/h1,3H,2,4-10H2,(H,16,17)(H2,13,14,18)/b3-1+. The van der Waals surface area contributed by atoms with Crippen LogP contribution in [0.4, 0.5) is 4.79 Å². The summed E-state index contributed by atoms with van der Waals surface area (Å²) in [5.74, 6) is -1.02. The van der Waals surface area contributed by atoms with E-state index in [0.29, 0.717) is 6.54 Å². The number of carbonyl (C=O) groups excluding carboxylic acids is 1. The Morgan fingerprint density at radius 3 is 2.68 bits per heavy atom. The normalized spacial score (nSPS) is 16.4. The van der Waals surface area contributed by atoms with E-state index in [4.69, 9.17) is 9.84 Å². The summed E-state index contributed by atoms with van der Waals surface area (Å²) in [4.78, 5) is 23.8. The molecule has 0 aromatic carbocycles. The highest BCUT2D eigenvalue weighted by Gasteiger charge is 2.09. The van der Waals surface area contributed by atoms with Crippen molar-refractivity contribution in [1.29, 1.82) is 0 Å². The fourth-order valence-corrected chi connectivity index (χ4v) is 1.70. The van der Waals surface area contributed by atoms with Gasteiger partial charge in [0.05, 0.1) is 13.2 Å². The highest BCUT2D eigenvalue weighted by molar-refractivity contribution is 5.80. The first-order chi connectivity index (χ1) is 9.18. The topological polar surface area (TPSA) is 90.9 Å². The predicted octanol–water partition coefficient (Wildman–Crippen LogP) is -0.351. The average molecular weight is 271 g/mol. The van der Waals surface area contributed by atoms with Crippen molar-refractivity contribution in [2.24, 2.45) is 0 Å². The van der Waals surface area contributed by atoms with E-state index in [1.54, 1.807) is 0 Å². The summed E-state index contributed by atoms with van der Waals surface area (Å²) < 4.78 is 5.25. The fraction of sp³-hybridized carbons (Fsp3) is 0.667. The molecule has 0 saturated carbocycles. The van der Waals surface area contributed by atoms with Crippen molar-refractivity contribution >= 4 is 12.0 Å². The SMILES string of the molecule is O=C(O)/C=C/CNC(=O)NCCCN1CCOCC1. The van der Waals surface area contributed by atoms with Crippen LogP contribution in [0.15, 0.2) is 12.2 Å². The molecule has 1 rings (SSSR count). The number of hydrogen-bond donors (Lipinski definition) is 3. The highest BCUT2D eigenvalue weighted by atomic mass is 16.5. The van der Waals surface area contributed by atoms with Crippen LogP contribution in [0.3, 0.4) is 0 Å². The van der Waals surface area contributed by atoms with Crippen molar-refractivity contribution < 1.29 is 19.4 Å². The zero-order valence-electron chi connectivity index (χ0n) is 10.9. The molecule has 1 aliphatic heterocycles. The third-order valence-electron chi connectivity index (χ3n) is 2.68. The van der Waals surface area contributed by atoms with Crippen molar-refractivity contribution in [3.05, 3.63) is 12.2 Å². The van der Waals surface area contributed by atoms with Gasteiger partial charge in [0, 0.05) is 32.3 Å². The van der Waals surface area contributed by atoms with Gasteiger partial charge in [-0.25, -0.2) is 9.59 Å². The van der Waals surface area contributed by atoms with Crippen molar-refractivity contribution in [2.45, 2.75) is 6.42 Å². The number of amides is 2.